The molecule has 90 valence electrons. The van der Waals surface area contributed by atoms with Gasteiger partial charge in [-0.25, -0.2) is 4.39 Å². The predicted molar refractivity (Wildman–Crippen MR) is 70.6 cm³/mol. The van der Waals surface area contributed by atoms with E-state index in [1.165, 1.54) is 0 Å². The van der Waals surface area contributed by atoms with Gasteiger partial charge in [0.15, 0.2) is 0 Å². The van der Waals surface area contributed by atoms with Crippen molar-refractivity contribution in [2.75, 3.05) is 18.1 Å². The van der Waals surface area contributed by atoms with Crippen LogP contribution in [0.3, 0.4) is 0 Å². The summed E-state index contributed by atoms with van der Waals surface area (Å²) in [5.41, 5.74) is 1.72. The highest BCUT2D eigenvalue weighted by molar-refractivity contribution is 7.99. The Balaban J connectivity index is 2.46. The van der Waals surface area contributed by atoms with Crippen molar-refractivity contribution in [3.63, 3.8) is 0 Å². The summed E-state index contributed by atoms with van der Waals surface area (Å²) in [6.45, 7) is 6.98. The molecule has 0 bridgehead atoms. The molecule has 0 fully saturated rings. The van der Waals surface area contributed by atoms with E-state index in [0.717, 1.165) is 23.6 Å². The van der Waals surface area contributed by atoms with E-state index >= 15 is 0 Å². The fourth-order valence-electron chi connectivity index (χ4n) is 1.49. The molecule has 0 radical (unpaired) electrons. The molecule has 16 heavy (non-hydrogen) atoms. The lowest BCUT2D eigenvalue weighted by atomic mass is 10.1. The molecular formula is C13H20FNS. The molecule has 1 aromatic rings. The quantitative estimate of drug-likeness (QED) is 0.765. The smallest absolute Gasteiger partial charge is 0.126 e. The molecule has 3 heteroatoms. The molecule has 0 saturated carbocycles. The normalized spacial score (nSPS) is 12.8. The molecule has 1 atom stereocenters. The van der Waals surface area contributed by atoms with E-state index in [0.29, 0.717) is 5.56 Å². The molecule has 0 aliphatic rings. The zero-order valence-electron chi connectivity index (χ0n) is 10.2. The molecular weight excluding hydrogens is 221 g/mol. The van der Waals surface area contributed by atoms with E-state index in [1.807, 2.05) is 23.9 Å². The summed E-state index contributed by atoms with van der Waals surface area (Å²) in [5.74, 6) is 2.14. The van der Waals surface area contributed by atoms with Gasteiger partial charge in [0.25, 0.3) is 0 Å². The number of benzene rings is 1. The van der Waals surface area contributed by atoms with Gasteiger partial charge in [-0.2, -0.15) is 11.8 Å². The van der Waals surface area contributed by atoms with Gasteiger partial charge in [-0.05, 0) is 36.8 Å². The summed E-state index contributed by atoms with van der Waals surface area (Å²) in [4.78, 5) is 0. The van der Waals surface area contributed by atoms with Crippen molar-refractivity contribution in [2.45, 2.75) is 26.8 Å². The number of rotatable bonds is 6. The number of thioether (sulfide) groups is 1. The van der Waals surface area contributed by atoms with Crippen molar-refractivity contribution in [1.29, 1.82) is 0 Å². The van der Waals surface area contributed by atoms with Gasteiger partial charge in [0, 0.05) is 18.3 Å². The maximum Gasteiger partial charge on any atom is 0.126 e. The van der Waals surface area contributed by atoms with Crippen LogP contribution in [0.25, 0.3) is 0 Å². The second kappa shape index (κ2) is 6.92. The van der Waals surface area contributed by atoms with Crippen LogP contribution in [-0.4, -0.2) is 18.1 Å². The molecule has 0 amide bonds. The third kappa shape index (κ3) is 4.14. The fourth-order valence-corrected chi connectivity index (χ4v) is 2.04. The summed E-state index contributed by atoms with van der Waals surface area (Å²) in [6.07, 6.45) is 0. The van der Waals surface area contributed by atoms with Crippen molar-refractivity contribution < 1.29 is 4.39 Å². The van der Waals surface area contributed by atoms with Crippen LogP contribution < -0.4 is 5.32 Å². The van der Waals surface area contributed by atoms with Crippen LogP contribution in [0, 0.1) is 12.7 Å². The van der Waals surface area contributed by atoms with Gasteiger partial charge in [0.1, 0.15) is 5.82 Å². The molecule has 1 nitrogen and oxygen atoms in total. The highest BCUT2D eigenvalue weighted by Gasteiger charge is 2.06. The van der Waals surface area contributed by atoms with E-state index in [1.54, 1.807) is 13.0 Å². The first-order chi connectivity index (χ1) is 7.65. The second-order valence-electron chi connectivity index (χ2n) is 3.88. The lowest BCUT2D eigenvalue weighted by molar-refractivity contribution is 0.582. The summed E-state index contributed by atoms with van der Waals surface area (Å²) in [7, 11) is 0. The van der Waals surface area contributed by atoms with Crippen molar-refractivity contribution in [2.24, 2.45) is 0 Å². The Hall–Kier alpha value is -0.540. The van der Waals surface area contributed by atoms with Gasteiger partial charge in [-0.1, -0.05) is 19.1 Å². The van der Waals surface area contributed by atoms with Crippen LogP contribution >= 0.6 is 11.8 Å². The molecule has 0 aliphatic heterocycles. The minimum absolute atomic E-state index is 0.117. The number of aryl methyl sites for hydroxylation is 1. The minimum atomic E-state index is -0.117. The Bertz CT molecular complexity index is 328. The van der Waals surface area contributed by atoms with Crippen molar-refractivity contribution in [1.82, 2.24) is 5.32 Å². The standard InChI is InChI=1S/C13H20FNS/c1-4-16-8-7-15-11(3)12-6-5-10(2)13(14)9-12/h5-6,9,11,15H,4,7-8H2,1-3H3. The van der Waals surface area contributed by atoms with E-state index in [-0.39, 0.29) is 11.9 Å². The number of halogens is 1. The molecule has 0 heterocycles. The summed E-state index contributed by atoms with van der Waals surface area (Å²) in [6, 6.07) is 5.67. The van der Waals surface area contributed by atoms with Crippen LogP contribution in [0.4, 0.5) is 4.39 Å². The average molecular weight is 241 g/mol. The van der Waals surface area contributed by atoms with Crippen LogP contribution in [0.2, 0.25) is 0 Å². The maximum absolute atomic E-state index is 13.4. The van der Waals surface area contributed by atoms with Gasteiger partial charge in [0.05, 0.1) is 0 Å². The summed E-state index contributed by atoms with van der Waals surface area (Å²) >= 11 is 1.91. The van der Waals surface area contributed by atoms with E-state index in [9.17, 15) is 4.39 Å². The third-order valence-electron chi connectivity index (χ3n) is 2.60. The number of nitrogens with one attached hydrogen (secondary N) is 1. The first-order valence-electron chi connectivity index (χ1n) is 5.72. The van der Waals surface area contributed by atoms with Crippen molar-refractivity contribution in [3.05, 3.63) is 35.1 Å². The highest BCUT2D eigenvalue weighted by atomic mass is 32.2. The van der Waals surface area contributed by atoms with E-state index < -0.39 is 0 Å². The lowest BCUT2D eigenvalue weighted by Crippen LogP contribution is -2.21. The van der Waals surface area contributed by atoms with Gasteiger partial charge >= 0.3 is 0 Å². The Morgan fingerprint density at radius 1 is 1.44 bits per heavy atom. The zero-order chi connectivity index (χ0) is 12.0. The number of hydrogen-bond donors (Lipinski definition) is 1. The SMILES string of the molecule is CCSCCNC(C)c1ccc(C)c(F)c1. The lowest BCUT2D eigenvalue weighted by Gasteiger charge is -2.14. The van der Waals surface area contributed by atoms with Gasteiger partial charge in [-0.3, -0.25) is 0 Å². The van der Waals surface area contributed by atoms with Crippen LogP contribution in [0.15, 0.2) is 18.2 Å². The van der Waals surface area contributed by atoms with Crippen LogP contribution in [0.5, 0.6) is 0 Å². The Morgan fingerprint density at radius 2 is 2.19 bits per heavy atom. The largest absolute Gasteiger partial charge is 0.309 e. The van der Waals surface area contributed by atoms with Gasteiger partial charge in [-0.15, -0.1) is 0 Å². The molecule has 1 N–H and O–H groups in total. The molecule has 1 rings (SSSR count). The number of hydrogen-bond acceptors (Lipinski definition) is 2. The molecule has 1 aromatic carbocycles. The highest BCUT2D eigenvalue weighted by Crippen LogP contribution is 2.16. The maximum atomic E-state index is 13.4. The predicted octanol–water partition coefficient (Wildman–Crippen LogP) is 3.54. The Kier molecular flexibility index (Phi) is 5.85. The zero-order valence-corrected chi connectivity index (χ0v) is 11.0. The van der Waals surface area contributed by atoms with Crippen LogP contribution in [0.1, 0.15) is 31.0 Å². The van der Waals surface area contributed by atoms with Crippen molar-refractivity contribution in [3.8, 4) is 0 Å². The average Bonchev–Trinajstić information content (AvgIpc) is 2.28. The van der Waals surface area contributed by atoms with Crippen molar-refractivity contribution >= 4 is 11.8 Å². The van der Waals surface area contributed by atoms with E-state index in [2.05, 4.69) is 19.2 Å². The second-order valence-corrected chi connectivity index (χ2v) is 5.28. The summed E-state index contributed by atoms with van der Waals surface area (Å²) < 4.78 is 13.4. The Labute approximate surface area is 102 Å². The molecule has 1 unspecified atom stereocenters. The van der Waals surface area contributed by atoms with Gasteiger partial charge < -0.3 is 5.32 Å². The fraction of sp³-hybridized carbons (Fsp3) is 0.538. The topological polar surface area (TPSA) is 12.0 Å². The molecule has 0 spiro atoms. The minimum Gasteiger partial charge on any atom is -0.309 e. The van der Waals surface area contributed by atoms with Crippen LogP contribution in [-0.2, 0) is 0 Å². The molecule has 0 saturated heterocycles. The van der Waals surface area contributed by atoms with Gasteiger partial charge in [0.2, 0.25) is 0 Å². The van der Waals surface area contributed by atoms with E-state index in [4.69, 9.17) is 0 Å². The first kappa shape index (κ1) is 13.5. The molecule has 0 aliphatic carbocycles. The first-order valence-corrected chi connectivity index (χ1v) is 6.87. The molecule has 0 aromatic heterocycles. The monoisotopic (exact) mass is 241 g/mol. The third-order valence-corrected chi connectivity index (χ3v) is 3.50. The Morgan fingerprint density at radius 3 is 2.81 bits per heavy atom. The summed E-state index contributed by atoms with van der Waals surface area (Å²) in [5, 5.41) is 3.39.